The first-order chi connectivity index (χ1) is 11.3. The zero-order chi connectivity index (χ0) is 15.6. The highest BCUT2D eigenvalue weighted by molar-refractivity contribution is 5.85. The minimum absolute atomic E-state index is 0. The molecule has 2 fully saturated rings. The van der Waals surface area contributed by atoms with E-state index in [9.17, 15) is 4.39 Å². The van der Waals surface area contributed by atoms with Gasteiger partial charge in [0.25, 0.3) is 0 Å². The maximum atomic E-state index is 13.3. The Balaban J connectivity index is 0.00000169. The summed E-state index contributed by atoms with van der Waals surface area (Å²) < 4.78 is 18.6. The molecular formula is C17H24ClFN4O. The Morgan fingerprint density at radius 1 is 1.12 bits per heavy atom. The number of nitrogens with zero attached hydrogens (tertiary/aromatic N) is 3. The summed E-state index contributed by atoms with van der Waals surface area (Å²) >= 11 is 0. The van der Waals surface area contributed by atoms with Crippen LogP contribution in [-0.4, -0.2) is 60.9 Å². The second-order valence-corrected chi connectivity index (χ2v) is 6.61. The predicted molar refractivity (Wildman–Crippen MR) is 94.1 cm³/mol. The molecule has 0 unspecified atom stereocenters. The average molecular weight is 355 g/mol. The van der Waals surface area contributed by atoms with Crippen LogP contribution in [0.15, 0.2) is 22.7 Å². The SMILES string of the molecule is Cl.Fc1ccc2c(C3CCN(CN4CCNCC4)CC3)noc2c1. The second kappa shape index (κ2) is 7.78. The summed E-state index contributed by atoms with van der Waals surface area (Å²) in [6.07, 6.45) is 2.18. The van der Waals surface area contributed by atoms with Gasteiger partial charge in [0.05, 0.1) is 12.4 Å². The summed E-state index contributed by atoms with van der Waals surface area (Å²) in [6, 6.07) is 4.71. The molecule has 2 aromatic rings. The van der Waals surface area contributed by atoms with Crippen molar-refractivity contribution in [3.05, 3.63) is 29.7 Å². The highest BCUT2D eigenvalue weighted by Gasteiger charge is 2.26. The molecule has 2 saturated heterocycles. The molecular weight excluding hydrogens is 331 g/mol. The van der Waals surface area contributed by atoms with Gasteiger partial charge in [0.1, 0.15) is 5.82 Å². The van der Waals surface area contributed by atoms with Crippen LogP contribution in [0.4, 0.5) is 4.39 Å². The number of hydrogen-bond donors (Lipinski definition) is 1. The zero-order valence-corrected chi connectivity index (χ0v) is 14.5. The Morgan fingerprint density at radius 3 is 2.58 bits per heavy atom. The molecule has 24 heavy (non-hydrogen) atoms. The maximum absolute atomic E-state index is 13.3. The number of piperidine rings is 1. The number of fused-ring (bicyclic) bond motifs is 1. The van der Waals surface area contributed by atoms with Gasteiger partial charge in [-0.3, -0.25) is 9.80 Å². The van der Waals surface area contributed by atoms with Crippen molar-refractivity contribution in [1.82, 2.24) is 20.3 Å². The summed E-state index contributed by atoms with van der Waals surface area (Å²) in [5.41, 5.74) is 1.56. The van der Waals surface area contributed by atoms with Crippen molar-refractivity contribution in [2.45, 2.75) is 18.8 Å². The molecule has 0 amide bonds. The number of rotatable bonds is 3. The normalized spacial score (nSPS) is 21.0. The molecule has 1 N–H and O–H groups in total. The third-order valence-corrected chi connectivity index (χ3v) is 5.05. The number of nitrogens with one attached hydrogen (secondary N) is 1. The highest BCUT2D eigenvalue weighted by atomic mass is 35.5. The predicted octanol–water partition coefficient (Wildman–Crippen LogP) is 2.43. The zero-order valence-electron chi connectivity index (χ0n) is 13.7. The molecule has 7 heteroatoms. The summed E-state index contributed by atoms with van der Waals surface area (Å²) in [6.45, 7) is 7.71. The lowest BCUT2D eigenvalue weighted by molar-refractivity contribution is 0.0969. The Morgan fingerprint density at radius 2 is 1.83 bits per heavy atom. The molecule has 0 saturated carbocycles. The number of hydrogen-bond acceptors (Lipinski definition) is 5. The van der Waals surface area contributed by atoms with Gasteiger partial charge in [-0.1, -0.05) is 5.16 Å². The minimum atomic E-state index is -0.272. The van der Waals surface area contributed by atoms with Crippen LogP contribution in [0.5, 0.6) is 0 Å². The summed E-state index contributed by atoms with van der Waals surface area (Å²) in [5, 5.41) is 8.58. The monoisotopic (exact) mass is 354 g/mol. The Labute approximate surface area is 147 Å². The smallest absolute Gasteiger partial charge is 0.170 e. The van der Waals surface area contributed by atoms with Crippen LogP contribution in [-0.2, 0) is 0 Å². The summed E-state index contributed by atoms with van der Waals surface area (Å²) in [4.78, 5) is 5.05. The minimum Gasteiger partial charge on any atom is -0.356 e. The van der Waals surface area contributed by atoms with Crippen molar-refractivity contribution >= 4 is 23.4 Å². The van der Waals surface area contributed by atoms with Crippen molar-refractivity contribution < 1.29 is 8.91 Å². The van der Waals surface area contributed by atoms with Gasteiger partial charge >= 0.3 is 0 Å². The quantitative estimate of drug-likeness (QED) is 0.917. The van der Waals surface area contributed by atoms with Crippen LogP contribution in [0.25, 0.3) is 11.0 Å². The average Bonchev–Trinajstić information content (AvgIpc) is 2.99. The summed E-state index contributed by atoms with van der Waals surface area (Å²) in [7, 11) is 0. The third kappa shape index (κ3) is 3.72. The van der Waals surface area contributed by atoms with Gasteiger partial charge in [-0.25, -0.2) is 4.39 Å². The second-order valence-electron chi connectivity index (χ2n) is 6.61. The lowest BCUT2D eigenvalue weighted by Gasteiger charge is -2.36. The molecule has 3 heterocycles. The van der Waals surface area contributed by atoms with E-state index in [2.05, 4.69) is 20.3 Å². The Bertz CT molecular complexity index is 666. The topological polar surface area (TPSA) is 44.5 Å². The van der Waals surface area contributed by atoms with Gasteiger partial charge in [-0.15, -0.1) is 12.4 Å². The van der Waals surface area contributed by atoms with E-state index in [0.717, 1.165) is 69.9 Å². The molecule has 0 bridgehead atoms. The molecule has 132 valence electrons. The van der Waals surface area contributed by atoms with Crippen molar-refractivity contribution in [2.24, 2.45) is 0 Å². The van der Waals surface area contributed by atoms with E-state index in [1.165, 1.54) is 12.1 Å². The Kier molecular flexibility index (Phi) is 5.71. The van der Waals surface area contributed by atoms with Crippen LogP contribution >= 0.6 is 12.4 Å². The van der Waals surface area contributed by atoms with Crippen molar-refractivity contribution in [3.63, 3.8) is 0 Å². The molecule has 0 atom stereocenters. The van der Waals surface area contributed by atoms with E-state index >= 15 is 0 Å². The fraction of sp³-hybridized carbons (Fsp3) is 0.588. The van der Waals surface area contributed by atoms with Crippen LogP contribution in [0.3, 0.4) is 0 Å². The number of aromatic nitrogens is 1. The maximum Gasteiger partial charge on any atom is 0.170 e. The molecule has 0 aliphatic carbocycles. The van der Waals surface area contributed by atoms with Gasteiger partial charge in [-0.05, 0) is 25.0 Å². The number of benzene rings is 1. The van der Waals surface area contributed by atoms with E-state index < -0.39 is 0 Å². The molecule has 1 aromatic carbocycles. The van der Waals surface area contributed by atoms with Crippen LogP contribution in [0.2, 0.25) is 0 Å². The first kappa shape index (κ1) is 17.6. The molecule has 1 aromatic heterocycles. The number of likely N-dealkylation sites (tertiary alicyclic amines) is 1. The standard InChI is InChI=1S/C17H23FN4O.ClH/c18-14-1-2-15-16(11-14)23-20-17(15)13-3-7-21(8-4-13)12-22-9-5-19-6-10-22;/h1-2,11,13,19H,3-10,12H2;1H. The molecule has 0 spiro atoms. The summed E-state index contributed by atoms with van der Waals surface area (Å²) in [5.74, 6) is 0.145. The van der Waals surface area contributed by atoms with E-state index in [0.29, 0.717) is 11.5 Å². The first-order valence-electron chi connectivity index (χ1n) is 8.50. The van der Waals surface area contributed by atoms with Gasteiger partial charge in [0.2, 0.25) is 0 Å². The van der Waals surface area contributed by atoms with E-state index in [4.69, 9.17) is 4.52 Å². The molecule has 4 rings (SSSR count). The van der Waals surface area contributed by atoms with Gasteiger partial charge in [-0.2, -0.15) is 0 Å². The van der Waals surface area contributed by atoms with Gasteiger partial charge < -0.3 is 9.84 Å². The van der Waals surface area contributed by atoms with Crippen molar-refractivity contribution in [2.75, 3.05) is 45.9 Å². The largest absolute Gasteiger partial charge is 0.356 e. The van der Waals surface area contributed by atoms with Crippen LogP contribution in [0.1, 0.15) is 24.5 Å². The highest BCUT2D eigenvalue weighted by Crippen LogP contribution is 2.32. The van der Waals surface area contributed by atoms with E-state index in [1.807, 2.05) is 0 Å². The van der Waals surface area contributed by atoms with Crippen LogP contribution in [0, 0.1) is 5.82 Å². The molecule has 5 nitrogen and oxygen atoms in total. The van der Waals surface area contributed by atoms with E-state index in [-0.39, 0.29) is 18.2 Å². The number of piperazine rings is 1. The van der Waals surface area contributed by atoms with Gasteiger partial charge in [0.15, 0.2) is 5.58 Å². The number of halogens is 2. The van der Waals surface area contributed by atoms with Crippen molar-refractivity contribution in [1.29, 1.82) is 0 Å². The van der Waals surface area contributed by atoms with E-state index in [1.54, 1.807) is 6.07 Å². The molecule has 2 aliphatic heterocycles. The fourth-order valence-electron chi connectivity index (χ4n) is 3.71. The van der Waals surface area contributed by atoms with Gasteiger partial charge in [0, 0.05) is 56.6 Å². The lowest BCUT2D eigenvalue weighted by Crippen LogP contribution is -2.49. The third-order valence-electron chi connectivity index (χ3n) is 5.05. The first-order valence-corrected chi connectivity index (χ1v) is 8.50. The molecule has 2 aliphatic rings. The molecule has 0 radical (unpaired) electrons. The van der Waals surface area contributed by atoms with Crippen LogP contribution < -0.4 is 5.32 Å². The fourth-order valence-corrected chi connectivity index (χ4v) is 3.71. The van der Waals surface area contributed by atoms with Crippen molar-refractivity contribution in [3.8, 4) is 0 Å². The lowest BCUT2D eigenvalue weighted by atomic mass is 9.92. The Hall–Kier alpha value is -1.21.